The molecule has 1 rings (SSSR count). The maximum atomic E-state index is 11.4. The third-order valence-corrected chi connectivity index (χ3v) is 3.32. The summed E-state index contributed by atoms with van der Waals surface area (Å²) in [6.45, 7) is 3.94. The summed E-state index contributed by atoms with van der Waals surface area (Å²) in [6, 6.07) is 8.29. The smallest absolute Gasteiger partial charge is 0.320 e. The molecule has 4 N–H and O–H groups in total. The molecule has 0 heterocycles. The summed E-state index contributed by atoms with van der Waals surface area (Å²) in [6.07, 6.45) is 1.59. The van der Waals surface area contributed by atoms with Gasteiger partial charge in [-0.05, 0) is 30.7 Å². The molecule has 2 atom stereocenters. The summed E-state index contributed by atoms with van der Waals surface area (Å²) in [5.74, 6) is -1.20. The Bertz CT molecular complexity index is 460. The molecular formula is C16H24N2O3. The predicted octanol–water partition coefficient (Wildman–Crippen LogP) is 1.56. The van der Waals surface area contributed by atoms with Crippen LogP contribution in [0, 0.1) is 5.92 Å². The minimum absolute atomic E-state index is 0.263. The van der Waals surface area contributed by atoms with Crippen molar-refractivity contribution < 1.29 is 14.7 Å². The summed E-state index contributed by atoms with van der Waals surface area (Å²) < 4.78 is 0. The van der Waals surface area contributed by atoms with Crippen molar-refractivity contribution in [2.45, 2.75) is 45.2 Å². The summed E-state index contributed by atoms with van der Waals surface area (Å²) in [5.41, 5.74) is 6.42. The lowest BCUT2D eigenvalue weighted by Crippen LogP contribution is -2.50. The Morgan fingerprint density at radius 3 is 2.29 bits per heavy atom. The largest absolute Gasteiger partial charge is 0.480 e. The fraction of sp³-hybridized carbons (Fsp3) is 0.500. The van der Waals surface area contributed by atoms with E-state index in [0.717, 1.165) is 5.56 Å². The maximum Gasteiger partial charge on any atom is 0.320 e. The highest BCUT2D eigenvalue weighted by Crippen LogP contribution is 2.09. The van der Waals surface area contributed by atoms with Crippen LogP contribution in [-0.2, 0) is 16.0 Å². The average Bonchev–Trinajstić information content (AvgIpc) is 2.42. The number of benzene rings is 1. The van der Waals surface area contributed by atoms with Gasteiger partial charge in [-0.2, -0.15) is 0 Å². The lowest BCUT2D eigenvalue weighted by molar-refractivity contribution is -0.140. The number of amides is 1. The molecule has 21 heavy (non-hydrogen) atoms. The van der Waals surface area contributed by atoms with Gasteiger partial charge in [-0.1, -0.05) is 44.2 Å². The number of aryl methyl sites for hydroxylation is 1. The molecule has 5 nitrogen and oxygen atoms in total. The zero-order valence-electron chi connectivity index (χ0n) is 12.6. The Hall–Kier alpha value is -1.88. The van der Waals surface area contributed by atoms with E-state index >= 15 is 0 Å². The third kappa shape index (κ3) is 6.40. The molecule has 0 spiro atoms. The van der Waals surface area contributed by atoms with Gasteiger partial charge in [0, 0.05) is 0 Å². The molecule has 1 aromatic carbocycles. The number of nitrogens with one attached hydrogen (secondary N) is 1. The standard InChI is InChI=1S/C16H24N2O3/c1-11(2)10-14(15(17)19)18-13(16(20)21)9-8-12-6-4-3-5-7-12/h3-7,11,13-14,18H,8-10H2,1-2H3,(H2,17,19)(H,20,21)/t13-,14+/m1/s1. The number of primary amides is 1. The lowest BCUT2D eigenvalue weighted by Gasteiger charge is -2.22. The van der Waals surface area contributed by atoms with Crippen LogP contribution in [-0.4, -0.2) is 29.1 Å². The van der Waals surface area contributed by atoms with Crippen molar-refractivity contribution in [2.75, 3.05) is 0 Å². The van der Waals surface area contributed by atoms with Crippen molar-refractivity contribution >= 4 is 11.9 Å². The van der Waals surface area contributed by atoms with Gasteiger partial charge >= 0.3 is 5.97 Å². The molecule has 1 amide bonds. The number of carbonyl (C=O) groups is 2. The molecular weight excluding hydrogens is 268 g/mol. The van der Waals surface area contributed by atoms with E-state index in [1.807, 2.05) is 44.2 Å². The van der Waals surface area contributed by atoms with Crippen LogP contribution in [0.4, 0.5) is 0 Å². The van der Waals surface area contributed by atoms with Gasteiger partial charge in [-0.15, -0.1) is 0 Å². The molecule has 0 saturated heterocycles. The number of aliphatic carboxylic acids is 1. The highest BCUT2D eigenvalue weighted by atomic mass is 16.4. The van der Waals surface area contributed by atoms with Gasteiger partial charge in [0.25, 0.3) is 0 Å². The number of nitrogens with two attached hydrogens (primary N) is 1. The molecule has 0 unspecified atom stereocenters. The van der Waals surface area contributed by atoms with Crippen LogP contribution in [0.5, 0.6) is 0 Å². The Labute approximate surface area is 125 Å². The highest BCUT2D eigenvalue weighted by molar-refractivity contribution is 5.81. The van der Waals surface area contributed by atoms with E-state index in [4.69, 9.17) is 5.73 Å². The monoisotopic (exact) mass is 292 g/mol. The van der Waals surface area contributed by atoms with Crippen molar-refractivity contribution in [1.29, 1.82) is 0 Å². The summed E-state index contributed by atoms with van der Waals surface area (Å²) in [4.78, 5) is 22.8. The van der Waals surface area contributed by atoms with Crippen molar-refractivity contribution in [3.63, 3.8) is 0 Å². The minimum atomic E-state index is -0.957. The number of rotatable bonds is 9. The predicted molar refractivity (Wildman–Crippen MR) is 81.8 cm³/mol. The zero-order valence-corrected chi connectivity index (χ0v) is 12.6. The fourth-order valence-corrected chi connectivity index (χ4v) is 2.21. The van der Waals surface area contributed by atoms with Gasteiger partial charge < -0.3 is 10.8 Å². The topological polar surface area (TPSA) is 92.4 Å². The van der Waals surface area contributed by atoms with Crippen LogP contribution in [0.2, 0.25) is 0 Å². The zero-order chi connectivity index (χ0) is 15.8. The second-order valence-corrected chi connectivity index (χ2v) is 5.67. The van der Waals surface area contributed by atoms with Gasteiger partial charge in [0.05, 0.1) is 6.04 Å². The molecule has 0 aliphatic carbocycles. The molecule has 0 fully saturated rings. The van der Waals surface area contributed by atoms with Crippen LogP contribution in [0.1, 0.15) is 32.3 Å². The number of hydrogen-bond donors (Lipinski definition) is 3. The van der Waals surface area contributed by atoms with E-state index in [1.54, 1.807) is 0 Å². The van der Waals surface area contributed by atoms with Gasteiger partial charge in [-0.25, -0.2) is 0 Å². The Morgan fingerprint density at radius 1 is 1.19 bits per heavy atom. The Balaban J connectivity index is 2.63. The summed E-state index contributed by atoms with van der Waals surface area (Å²) in [5, 5.41) is 12.2. The van der Waals surface area contributed by atoms with Crippen LogP contribution in [0.25, 0.3) is 0 Å². The molecule has 0 saturated carbocycles. The number of carbonyl (C=O) groups excluding carboxylic acids is 1. The normalized spacial score (nSPS) is 13.9. The number of hydrogen-bond acceptors (Lipinski definition) is 3. The minimum Gasteiger partial charge on any atom is -0.480 e. The third-order valence-electron chi connectivity index (χ3n) is 3.32. The molecule has 116 valence electrons. The van der Waals surface area contributed by atoms with E-state index in [1.165, 1.54) is 0 Å². The van der Waals surface area contributed by atoms with Crippen molar-refractivity contribution in [3.8, 4) is 0 Å². The highest BCUT2D eigenvalue weighted by Gasteiger charge is 2.25. The van der Waals surface area contributed by atoms with Crippen LogP contribution in [0.15, 0.2) is 30.3 Å². The molecule has 0 aliphatic rings. The van der Waals surface area contributed by atoms with E-state index in [2.05, 4.69) is 5.32 Å². The second-order valence-electron chi connectivity index (χ2n) is 5.67. The van der Waals surface area contributed by atoms with Crippen LogP contribution < -0.4 is 11.1 Å². The first-order valence-corrected chi connectivity index (χ1v) is 7.22. The van der Waals surface area contributed by atoms with E-state index in [9.17, 15) is 14.7 Å². The molecule has 0 radical (unpaired) electrons. The maximum absolute atomic E-state index is 11.4. The van der Waals surface area contributed by atoms with Gasteiger partial charge in [-0.3, -0.25) is 14.9 Å². The van der Waals surface area contributed by atoms with Gasteiger partial charge in [0.2, 0.25) is 5.91 Å². The van der Waals surface area contributed by atoms with E-state index in [-0.39, 0.29) is 5.92 Å². The molecule has 1 aromatic rings. The number of carboxylic acids is 1. The second kappa shape index (κ2) is 8.42. The van der Waals surface area contributed by atoms with E-state index < -0.39 is 24.0 Å². The Morgan fingerprint density at radius 2 is 1.81 bits per heavy atom. The molecule has 0 aliphatic heterocycles. The Kier molecular flexibility index (Phi) is 6.88. The van der Waals surface area contributed by atoms with Crippen molar-refractivity contribution in [3.05, 3.63) is 35.9 Å². The van der Waals surface area contributed by atoms with Crippen molar-refractivity contribution in [2.24, 2.45) is 11.7 Å². The van der Waals surface area contributed by atoms with Crippen LogP contribution in [0.3, 0.4) is 0 Å². The summed E-state index contributed by atoms with van der Waals surface area (Å²) >= 11 is 0. The van der Waals surface area contributed by atoms with Crippen molar-refractivity contribution in [1.82, 2.24) is 5.32 Å². The van der Waals surface area contributed by atoms with E-state index in [0.29, 0.717) is 19.3 Å². The average molecular weight is 292 g/mol. The van der Waals surface area contributed by atoms with Gasteiger partial charge in [0.15, 0.2) is 0 Å². The first kappa shape index (κ1) is 17.2. The summed E-state index contributed by atoms with van der Waals surface area (Å²) in [7, 11) is 0. The first-order valence-electron chi connectivity index (χ1n) is 7.22. The molecule has 0 bridgehead atoms. The quantitative estimate of drug-likeness (QED) is 0.644. The van der Waals surface area contributed by atoms with Gasteiger partial charge in [0.1, 0.15) is 6.04 Å². The number of carboxylic acid groups (broad SMARTS) is 1. The lowest BCUT2D eigenvalue weighted by atomic mass is 10.00. The SMILES string of the molecule is CC(C)C[C@H](N[C@H](CCc1ccccc1)C(=O)O)C(N)=O. The first-order chi connectivity index (χ1) is 9.90. The molecule has 0 aromatic heterocycles. The fourth-order valence-electron chi connectivity index (χ4n) is 2.21. The van der Waals surface area contributed by atoms with Crippen LogP contribution >= 0.6 is 0 Å². The molecule has 5 heteroatoms.